The Hall–Kier alpha value is -5.38. The van der Waals surface area contributed by atoms with Crippen LogP contribution in [-0.2, 0) is 13.2 Å². The Bertz CT molecular complexity index is 1800. The highest BCUT2D eigenvalue weighted by atomic mass is 16.5. The van der Waals surface area contributed by atoms with E-state index < -0.39 is 11.4 Å². The van der Waals surface area contributed by atoms with Crippen LogP contribution in [0.5, 0.6) is 23.0 Å². The Morgan fingerprint density at radius 3 is 2.38 bits per heavy atom. The fourth-order valence-electron chi connectivity index (χ4n) is 4.60. The molecule has 0 atom stereocenters. The van der Waals surface area contributed by atoms with Gasteiger partial charge in [0.25, 0.3) is 0 Å². The van der Waals surface area contributed by atoms with Gasteiger partial charge in [-0.25, -0.2) is 9.48 Å². The van der Waals surface area contributed by atoms with Crippen LogP contribution in [-0.4, -0.2) is 42.1 Å². The molecule has 0 aliphatic carbocycles. The number of fused-ring (bicyclic) bond motifs is 1. The Morgan fingerprint density at radius 1 is 0.952 bits per heavy atom. The van der Waals surface area contributed by atoms with Crippen molar-refractivity contribution in [3.63, 3.8) is 0 Å². The van der Waals surface area contributed by atoms with Crippen molar-refractivity contribution >= 4 is 22.8 Å². The summed E-state index contributed by atoms with van der Waals surface area (Å²) in [6.07, 6.45) is 4.61. The number of carbonyl (C=O) groups excluding carboxylic acids is 1. The zero-order valence-corrected chi connectivity index (χ0v) is 23.6. The van der Waals surface area contributed by atoms with Crippen LogP contribution >= 0.6 is 0 Å². The van der Waals surface area contributed by atoms with E-state index in [0.29, 0.717) is 46.0 Å². The van der Waals surface area contributed by atoms with E-state index in [1.807, 2.05) is 30.3 Å². The molecule has 0 unspecified atom stereocenters. The minimum atomic E-state index is -0.565. The summed E-state index contributed by atoms with van der Waals surface area (Å²) in [5.41, 5.74) is 2.78. The second kappa shape index (κ2) is 12.4. The molecular weight excluding hydrogens is 538 g/mol. The Labute approximate surface area is 241 Å². The average Bonchev–Trinajstić information content (AvgIpc) is 3.44. The molecule has 0 aliphatic rings. The van der Waals surface area contributed by atoms with Gasteiger partial charge in [0.05, 0.1) is 39.8 Å². The number of methoxy groups -OCH3 is 3. The molecule has 0 saturated carbocycles. The highest BCUT2D eigenvalue weighted by Gasteiger charge is 2.20. The van der Waals surface area contributed by atoms with Crippen LogP contribution in [0.1, 0.15) is 32.7 Å². The zero-order valence-electron chi connectivity index (χ0n) is 23.6. The molecule has 0 amide bonds. The third-order valence-corrected chi connectivity index (χ3v) is 6.69. The van der Waals surface area contributed by atoms with E-state index in [-0.39, 0.29) is 23.5 Å². The molecule has 0 spiro atoms. The van der Waals surface area contributed by atoms with Gasteiger partial charge in [-0.2, -0.15) is 0 Å². The van der Waals surface area contributed by atoms with Crippen LogP contribution in [0, 0.1) is 6.92 Å². The third kappa shape index (κ3) is 5.87. The number of aromatic nitrogens is 3. The van der Waals surface area contributed by atoms with Crippen molar-refractivity contribution in [2.45, 2.75) is 20.1 Å². The molecule has 2 aromatic heterocycles. The topological polar surface area (TPSA) is 115 Å². The number of benzene rings is 3. The molecule has 0 N–H and O–H groups in total. The van der Waals surface area contributed by atoms with E-state index in [2.05, 4.69) is 10.3 Å². The Balaban J connectivity index is 1.50. The number of hydrogen-bond acceptors (Lipinski definition) is 9. The molecule has 0 radical (unpaired) electrons. The third-order valence-electron chi connectivity index (χ3n) is 6.69. The zero-order chi connectivity index (χ0) is 29.6. The highest BCUT2D eigenvalue weighted by molar-refractivity contribution is 6.15. The molecule has 42 heavy (non-hydrogen) atoms. The first-order valence-corrected chi connectivity index (χ1v) is 13.1. The quantitative estimate of drug-likeness (QED) is 0.120. The maximum atomic E-state index is 13.7. The van der Waals surface area contributed by atoms with Crippen molar-refractivity contribution in [1.29, 1.82) is 0 Å². The lowest BCUT2D eigenvalue weighted by molar-refractivity contribution is 0.104. The van der Waals surface area contributed by atoms with Gasteiger partial charge in [-0.15, -0.1) is 5.10 Å². The summed E-state index contributed by atoms with van der Waals surface area (Å²) in [5, 5.41) is 8.83. The van der Waals surface area contributed by atoms with Gasteiger partial charge >= 0.3 is 5.63 Å². The minimum Gasteiger partial charge on any atom is -0.493 e. The highest BCUT2D eigenvalue weighted by Crippen LogP contribution is 2.38. The molecule has 5 aromatic rings. The van der Waals surface area contributed by atoms with E-state index >= 15 is 0 Å². The lowest BCUT2D eigenvalue weighted by atomic mass is 10.0. The maximum Gasteiger partial charge on any atom is 0.336 e. The van der Waals surface area contributed by atoms with Gasteiger partial charge in [0.15, 0.2) is 22.9 Å². The van der Waals surface area contributed by atoms with Crippen molar-refractivity contribution in [2.75, 3.05) is 21.3 Å². The molecule has 0 bridgehead atoms. The summed E-state index contributed by atoms with van der Waals surface area (Å²) in [4.78, 5) is 26.1. The standard InChI is InChI=1S/C32H29N3O7/c1-20-14-29(37)42-31-24(20)11-13-26(41-19-23-17-33-34-35(23)18-21-8-6-5-7-9-21)30(31)25(36)12-10-22-15-27(38-2)32(40-4)28(16-22)39-3/h5-17H,18-19H2,1-4H3/b12-10+. The van der Waals surface area contributed by atoms with Crippen molar-refractivity contribution in [3.8, 4) is 23.0 Å². The summed E-state index contributed by atoms with van der Waals surface area (Å²) in [6, 6.07) is 18.1. The molecule has 10 nitrogen and oxygen atoms in total. The van der Waals surface area contributed by atoms with E-state index in [1.54, 1.807) is 48.1 Å². The van der Waals surface area contributed by atoms with Crippen LogP contribution in [0.2, 0.25) is 0 Å². The van der Waals surface area contributed by atoms with Crippen LogP contribution < -0.4 is 24.6 Å². The normalized spacial score (nSPS) is 11.1. The first-order valence-electron chi connectivity index (χ1n) is 13.1. The summed E-state index contributed by atoms with van der Waals surface area (Å²) in [6.45, 7) is 2.38. The predicted molar refractivity (Wildman–Crippen MR) is 157 cm³/mol. The molecule has 0 fully saturated rings. The molecule has 0 saturated heterocycles. The van der Waals surface area contributed by atoms with Crippen molar-refractivity contribution in [1.82, 2.24) is 15.0 Å². The lowest BCUT2D eigenvalue weighted by Crippen LogP contribution is -2.11. The number of allylic oxidation sites excluding steroid dienone is 1. The number of ether oxygens (including phenoxy) is 4. The fraction of sp³-hybridized carbons (Fsp3) is 0.188. The average molecular weight is 568 g/mol. The number of hydrogen-bond donors (Lipinski definition) is 0. The number of aryl methyl sites for hydroxylation is 1. The van der Waals surface area contributed by atoms with Gasteiger partial charge < -0.3 is 23.4 Å². The van der Waals surface area contributed by atoms with Crippen molar-refractivity contribution < 1.29 is 28.2 Å². The van der Waals surface area contributed by atoms with Gasteiger partial charge in [0, 0.05) is 11.5 Å². The van der Waals surface area contributed by atoms with Gasteiger partial charge in [-0.05, 0) is 54.0 Å². The number of nitrogens with zero attached hydrogens (tertiary/aromatic N) is 3. The second-order valence-electron chi connectivity index (χ2n) is 9.38. The van der Waals surface area contributed by atoms with Gasteiger partial charge in [0.1, 0.15) is 17.9 Å². The molecule has 0 aliphatic heterocycles. The SMILES string of the molecule is COc1cc(/C=C/C(=O)c2c(OCc3cnnn3Cc3ccccc3)ccc3c(C)cc(=O)oc23)cc(OC)c1OC. The first kappa shape index (κ1) is 28.2. The van der Waals surface area contributed by atoms with Crippen LogP contribution in [0.25, 0.3) is 17.0 Å². The fourth-order valence-corrected chi connectivity index (χ4v) is 4.60. The van der Waals surface area contributed by atoms with Gasteiger partial charge in [0.2, 0.25) is 5.75 Å². The number of rotatable bonds is 11. The van der Waals surface area contributed by atoms with Crippen molar-refractivity contribution in [2.24, 2.45) is 0 Å². The molecule has 3 aromatic carbocycles. The van der Waals surface area contributed by atoms with Crippen molar-refractivity contribution in [3.05, 3.63) is 111 Å². The number of ketones is 1. The first-order chi connectivity index (χ1) is 20.4. The Morgan fingerprint density at radius 2 is 1.69 bits per heavy atom. The summed E-state index contributed by atoms with van der Waals surface area (Å²) in [7, 11) is 4.55. The van der Waals surface area contributed by atoms with E-state index in [9.17, 15) is 9.59 Å². The van der Waals surface area contributed by atoms with E-state index in [4.69, 9.17) is 23.4 Å². The van der Waals surface area contributed by atoms with Crippen LogP contribution in [0.15, 0.2) is 82.1 Å². The van der Waals surface area contributed by atoms with Gasteiger partial charge in [-0.3, -0.25) is 4.79 Å². The minimum absolute atomic E-state index is 0.0816. The summed E-state index contributed by atoms with van der Waals surface area (Å²) >= 11 is 0. The largest absolute Gasteiger partial charge is 0.493 e. The second-order valence-corrected chi connectivity index (χ2v) is 9.38. The predicted octanol–water partition coefficient (Wildman–Crippen LogP) is 5.24. The van der Waals surface area contributed by atoms with Gasteiger partial charge in [-0.1, -0.05) is 41.6 Å². The molecule has 5 rings (SSSR count). The van der Waals surface area contributed by atoms with Crippen LogP contribution in [0.3, 0.4) is 0 Å². The summed E-state index contributed by atoms with van der Waals surface area (Å²) in [5.74, 6) is 1.16. The molecule has 10 heteroatoms. The smallest absolute Gasteiger partial charge is 0.336 e. The van der Waals surface area contributed by atoms with Crippen LogP contribution in [0.4, 0.5) is 0 Å². The maximum absolute atomic E-state index is 13.7. The molecular formula is C32H29N3O7. The monoisotopic (exact) mass is 567 g/mol. The number of carbonyl (C=O) groups is 1. The Kier molecular flexibility index (Phi) is 8.33. The summed E-state index contributed by atoms with van der Waals surface area (Å²) < 4.78 is 29.7. The molecule has 214 valence electrons. The molecule has 2 heterocycles. The lowest BCUT2D eigenvalue weighted by Gasteiger charge is -2.14. The van der Waals surface area contributed by atoms with E-state index in [1.165, 1.54) is 33.5 Å². The van der Waals surface area contributed by atoms with E-state index in [0.717, 1.165) is 5.56 Å².